The van der Waals surface area contributed by atoms with Gasteiger partial charge in [0.25, 0.3) is 11.6 Å². The van der Waals surface area contributed by atoms with Gasteiger partial charge in [0.1, 0.15) is 12.2 Å². The zero-order chi connectivity index (χ0) is 21.1. The number of rotatable bonds is 6. The average Bonchev–Trinajstić information content (AvgIpc) is 2.93. The molecule has 1 N–H and O–H groups in total. The highest BCUT2D eigenvalue weighted by Gasteiger charge is 2.48. The molecule has 0 unspecified atom stereocenters. The molecule has 1 aliphatic heterocycles. The zero-order valence-electron chi connectivity index (χ0n) is 15.9. The van der Waals surface area contributed by atoms with Crippen molar-refractivity contribution in [3.05, 3.63) is 33.9 Å². The van der Waals surface area contributed by atoms with Gasteiger partial charge in [0.15, 0.2) is 6.61 Å². The molecule has 1 saturated heterocycles. The Morgan fingerprint density at radius 3 is 2.41 bits per heavy atom. The predicted molar refractivity (Wildman–Crippen MR) is 99.6 cm³/mol. The highest BCUT2D eigenvalue weighted by Crippen LogP contribution is 2.37. The molecule has 10 heteroatoms. The van der Waals surface area contributed by atoms with Gasteiger partial charge < -0.3 is 10.1 Å². The summed E-state index contributed by atoms with van der Waals surface area (Å²) in [5.41, 5.74) is 0.225. The third-order valence-corrected chi connectivity index (χ3v) is 5.30. The number of fused-ring (bicyclic) bond motifs is 1. The standard InChI is InChI=1S/C19H21N3O7/c1-11-5-4-8-14(22(27)28)17(11)20-15(23)10-29-16(24)9-21-18(25)12-6-2-3-7-13(12)19(21)26/h4-5,8,12-13H,2-3,6-7,9-10H2,1H3,(H,20,23)/t12-,13-/m0/s1. The van der Waals surface area contributed by atoms with Gasteiger partial charge in [-0.05, 0) is 25.3 Å². The van der Waals surface area contributed by atoms with Crippen LogP contribution in [-0.4, -0.2) is 46.7 Å². The van der Waals surface area contributed by atoms with Crippen molar-refractivity contribution in [1.82, 2.24) is 4.90 Å². The Labute approximate surface area is 166 Å². The van der Waals surface area contributed by atoms with Gasteiger partial charge in [-0.2, -0.15) is 0 Å². The lowest BCUT2D eigenvalue weighted by molar-refractivity contribution is -0.384. The normalized spacial score (nSPS) is 20.9. The van der Waals surface area contributed by atoms with Gasteiger partial charge in [-0.25, -0.2) is 0 Å². The van der Waals surface area contributed by atoms with Gasteiger partial charge in [0, 0.05) is 6.07 Å². The molecule has 0 spiro atoms. The smallest absolute Gasteiger partial charge is 0.326 e. The second-order valence-corrected chi connectivity index (χ2v) is 7.20. The highest BCUT2D eigenvalue weighted by molar-refractivity contribution is 6.07. The number of nitro groups is 1. The maximum atomic E-state index is 12.4. The van der Waals surface area contributed by atoms with Gasteiger partial charge in [0.2, 0.25) is 11.8 Å². The van der Waals surface area contributed by atoms with Crippen molar-refractivity contribution in [2.45, 2.75) is 32.6 Å². The van der Waals surface area contributed by atoms with Crippen LogP contribution in [0, 0.1) is 28.9 Å². The number of hydrogen-bond acceptors (Lipinski definition) is 7. The largest absolute Gasteiger partial charge is 0.454 e. The number of hydrogen-bond donors (Lipinski definition) is 1. The Bertz CT molecular complexity index is 859. The third-order valence-electron chi connectivity index (χ3n) is 5.30. The average molecular weight is 403 g/mol. The SMILES string of the molecule is Cc1cccc([N+](=O)[O-])c1NC(=O)COC(=O)CN1C(=O)[C@H]2CCCC[C@@H]2C1=O. The number of aryl methyl sites for hydroxylation is 1. The zero-order valence-corrected chi connectivity index (χ0v) is 15.9. The van der Waals surface area contributed by atoms with Crippen molar-refractivity contribution < 1.29 is 28.8 Å². The van der Waals surface area contributed by atoms with E-state index in [2.05, 4.69) is 5.32 Å². The predicted octanol–water partition coefficient (Wildman–Crippen LogP) is 1.56. The molecule has 1 heterocycles. The topological polar surface area (TPSA) is 136 Å². The molecular weight excluding hydrogens is 382 g/mol. The Morgan fingerprint density at radius 2 is 1.83 bits per heavy atom. The van der Waals surface area contributed by atoms with Crippen molar-refractivity contribution >= 4 is 35.1 Å². The summed E-state index contributed by atoms with van der Waals surface area (Å²) in [5, 5.41) is 13.4. The molecule has 1 aromatic rings. The Balaban J connectivity index is 1.55. The van der Waals surface area contributed by atoms with Crippen LogP contribution in [-0.2, 0) is 23.9 Å². The third kappa shape index (κ3) is 4.25. The van der Waals surface area contributed by atoms with Crippen molar-refractivity contribution in [2.75, 3.05) is 18.5 Å². The number of para-hydroxylation sites is 1. The molecular formula is C19H21N3O7. The number of carbonyl (C=O) groups excluding carboxylic acids is 4. The summed E-state index contributed by atoms with van der Waals surface area (Å²) in [7, 11) is 0. The van der Waals surface area contributed by atoms with Crippen LogP contribution in [0.4, 0.5) is 11.4 Å². The van der Waals surface area contributed by atoms with Crippen LogP contribution < -0.4 is 5.32 Å². The molecule has 2 fully saturated rings. The number of nitrogens with zero attached hydrogens (tertiary/aromatic N) is 2. The highest BCUT2D eigenvalue weighted by atomic mass is 16.6. The van der Waals surface area contributed by atoms with Gasteiger partial charge in [-0.1, -0.05) is 25.0 Å². The molecule has 29 heavy (non-hydrogen) atoms. The van der Waals surface area contributed by atoms with E-state index in [1.54, 1.807) is 13.0 Å². The lowest BCUT2D eigenvalue weighted by Gasteiger charge is -2.19. The summed E-state index contributed by atoms with van der Waals surface area (Å²) in [5.74, 6) is -3.11. The van der Waals surface area contributed by atoms with E-state index in [9.17, 15) is 29.3 Å². The van der Waals surface area contributed by atoms with E-state index in [0.29, 0.717) is 18.4 Å². The minimum absolute atomic E-state index is 0.0209. The number of amides is 3. The quantitative estimate of drug-likeness (QED) is 0.329. The molecule has 3 amide bonds. The van der Waals surface area contributed by atoms with Crippen LogP contribution in [0.5, 0.6) is 0 Å². The monoisotopic (exact) mass is 403 g/mol. The molecule has 0 bridgehead atoms. The molecule has 1 saturated carbocycles. The second kappa shape index (κ2) is 8.38. The summed E-state index contributed by atoms with van der Waals surface area (Å²) >= 11 is 0. The van der Waals surface area contributed by atoms with Crippen LogP contribution in [0.3, 0.4) is 0 Å². The number of esters is 1. The molecule has 2 atom stereocenters. The Kier molecular flexibility index (Phi) is 5.90. The summed E-state index contributed by atoms with van der Waals surface area (Å²) in [6.45, 7) is 0.370. The second-order valence-electron chi connectivity index (χ2n) is 7.20. The van der Waals surface area contributed by atoms with Crippen molar-refractivity contribution in [1.29, 1.82) is 0 Å². The first-order chi connectivity index (χ1) is 13.8. The lowest BCUT2D eigenvalue weighted by atomic mass is 9.81. The van der Waals surface area contributed by atoms with Gasteiger partial charge in [0.05, 0.1) is 16.8 Å². The molecule has 154 valence electrons. The molecule has 0 aromatic heterocycles. The minimum Gasteiger partial charge on any atom is -0.454 e. The summed E-state index contributed by atoms with van der Waals surface area (Å²) in [4.78, 5) is 60.2. The van der Waals surface area contributed by atoms with E-state index in [0.717, 1.165) is 17.7 Å². The van der Waals surface area contributed by atoms with Crippen molar-refractivity contribution in [3.63, 3.8) is 0 Å². The lowest BCUT2D eigenvalue weighted by Crippen LogP contribution is -2.37. The number of nitrogens with one attached hydrogen (secondary N) is 1. The maximum Gasteiger partial charge on any atom is 0.326 e. The van der Waals surface area contributed by atoms with Crippen LogP contribution in [0.1, 0.15) is 31.2 Å². The van der Waals surface area contributed by atoms with Crippen LogP contribution in [0.15, 0.2) is 18.2 Å². The van der Waals surface area contributed by atoms with Gasteiger partial charge in [-0.3, -0.25) is 34.2 Å². The number of nitro benzene ring substituents is 1. The molecule has 1 aromatic carbocycles. The molecule has 10 nitrogen and oxygen atoms in total. The number of imide groups is 1. The summed E-state index contributed by atoms with van der Waals surface area (Å²) in [6.07, 6.45) is 3.03. The van der Waals surface area contributed by atoms with E-state index in [-0.39, 0.29) is 35.0 Å². The van der Waals surface area contributed by atoms with Crippen LogP contribution in [0.25, 0.3) is 0 Å². The fourth-order valence-corrected chi connectivity index (χ4v) is 3.85. The number of likely N-dealkylation sites (tertiary alicyclic amines) is 1. The maximum absolute atomic E-state index is 12.4. The number of carbonyl (C=O) groups is 4. The first-order valence-electron chi connectivity index (χ1n) is 9.34. The fourth-order valence-electron chi connectivity index (χ4n) is 3.85. The van der Waals surface area contributed by atoms with Gasteiger partial charge >= 0.3 is 5.97 Å². The fraction of sp³-hybridized carbons (Fsp3) is 0.474. The summed E-state index contributed by atoms with van der Waals surface area (Å²) < 4.78 is 4.86. The number of anilines is 1. The Hall–Kier alpha value is -3.30. The van der Waals surface area contributed by atoms with Crippen LogP contribution >= 0.6 is 0 Å². The Morgan fingerprint density at radius 1 is 1.21 bits per heavy atom. The minimum atomic E-state index is -0.889. The molecule has 2 aliphatic rings. The summed E-state index contributed by atoms with van der Waals surface area (Å²) in [6, 6.07) is 4.34. The number of benzene rings is 1. The molecule has 3 rings (SSSR count). The molecule has 0 radical (unpaired) electrons. The van der Waals surface area contributed by atoms with E-state index >= 15 is 0 Å². The van der Waals surface area contributed by atoms with Gasteiger partial charge in [-0.15, -0.1) is 0 Å². The van der Waals surface area contributed by atoms with E-state index < -0.39 is 30.0 Å². The van der Waals surface area contributed by atoms with Crippen LogP contribution in [0.2, 0.25) is 0 Å². The van der Waals surface area contributed by atoms with Crippen molar-refractivity contribution in [2.24, 2.45) is 11.8 Å². The van der Waals surface area contributed by atoms with E-state index in [1.807, 2.05) is 0 Å². The van der Waals surface area contributed by atoms with Crippen molar-refractivity contribution in [3.8, 4) is 0 Å². The number of ether oxygens (including phenoxy) is 1. The molecule has 1 aliphatic carbocycles. The first-order valence-corrected chi connectivity index (χ1v) is 9.34. The first kappa shape index (κ1) is 20.4. The van der Waals surface area contributed by atoms with E-state index in [1.165, 1.54) is 12.1 Å². The van der Waals surface area contributed by atoms with E-state index in [4.69, 9.17) is 4.74 Å².